The standard InChI is InChI=1S/C23H19Cl2N7O3/c24-17-2-1-3-18(25)19(17)32-21(34)16-12-26-22(28-20(16)29-23(32)35)27-14-4-6-15(7-5-14)31-10-8-30(13-33)9-11-31/h1-7,12-13H,8-11H2,(H2,26,27,28,29,35). The smallest absolute Gasteiger partial charge is 0.334 e. The summed E-state index contributed by atoms with van der Waals surface area (Å²) < 4.78 is 0.872. The summed E-state index contributed by atoms with van der Waals surface area (Å²) in [6, 6.07) is 12.4. The molecule has 0 unspecified atom stereocenters. The Morgan fingerprint density at radius 1 is 0.971 bits per heavy atom. The Kier molecular flexibility index (Phi) is 6.14. The number of benzene rings is 2. The highest BCUT2D eigenvalue weighted by atomic mass is 35.5. The van der Waals surface area contributed by atoms with Crippen molar-refractivity contribution in [1.82, 2.24) is 24.4 Å². The molecule has 0 aliphatic carbocycles. The first-order chi connectivity index (χ1) is 16.9. The maximum absolute atomic E-state index is 13.0. The molecule has 2 aromatic carbocycles. The second-order valence-corrected chi connectivity index (χ2v) is 8.71. The Hall–Kier alpha value is -3.89. The van der Waals surface area contributed by atoms with Crippen molar-refractivity contribution in [1.29, 1.82) is 0 Å². The number of carbonyl (C=O) groups is 1. The van der Waals surface area contributed by atoms with E-state index in [4.69, 9.17) is 23.2 Å². The monoisotopic (exact) mass is 511 g/mol. The number of carbonyl (C=O) groups excluding carboxylic acids is 1. The normalized spacial score (nSPS) is 13.8. The van der Waals surface area contributed by atoms with Crippen molar-refractivity contribution >= 4 is 58.0 Å². The number of nitrogens with one attached hydrogen (secondary N) is 2. The lowest BCUT2D eigenvalue weighted by molar-refractivity contribution is -0.118. The molecule has 0 bridgehead atoms. The maximum atomic E-state index is 13.0. The summed E-state index contributed by atoms with van der Waals surface area (Å²) in [6.07, 6.45) is 2.22. The van der Waals surface area contributed by atoms with Gasteiger partial charge in [0.1, 0.15) is 5.39 Å². The Bertz CT molecular complexity index is 1510. The zero-order valence-electron chi connectivity index (χ0n) is 18.2. The van der Waals surface area contributed by atoms with Crippen LogP contribution < -0.4 is 21.5 Å². The molecular formula is C23H19Cl2N7O3. The molecule has 0 atom stereocenters. The number of H-pyrrole nitrogens is 1. The Morgan fingerprint density at radius 2 is 1.66 bits per heavy atom. The van der Waals surface area contributed by atoms with Crippen LogP contribution >= 0.6 is 23.2 Å². The number of anilines is 3. The van der Waals surface area contributed by atoms with Crippen LogP contribution in [0.2, 0.25) is 10.0 Å². The molecular weight excluding hydrogens is 493 g/mol. The molecule has 2 N–H and O–H groups in total. The highest BCUT2D eigenvalue weighted by molar-refractivity contribution is 6.37. The van der Waals surface area contributed by atoms with Crippen LogP contribution in [0.3, 0.4) is 0 Å². The molecule has 0 saturated carbocycles. The summed E-state index contributed by atoms with van der Waals surface area (Å²) in [7, 11) is 0. The second kappa shape index (κ2) is 9.40. The van der Waals surface area contributed by atoms with Crippen LogP contribution in [0.1, 0.15) is 0 Å². The number of hydrogen-bond acceptors (Lipinski definition) is 7. The summed E-state index contributed by atoms with van der Waals surface area (Å²) in [4.78, 5) is 51.8. The van der Waals surface area contributed by atoms with Gasteiger partial charge in [-0.05, 0) is 36.4 Å². The zero-order valence-corrected chi connectivity index (χ0v) is 19.8. The van der Waals surface area contributed by atoms with E-state index in [1.54, 1.807) is 23.1 Å². The topological polar surface area (TPSA) is 116 Å². The molecule has 1 amide bonds. The highest BCUT2D eigenvalue weighted by Crippen LogP contribution is 2.26. The Morgan fingerprint density at radius 3 is 2.31 bits per heavy atom. The van der Waals surface area contributed by atoms with E-state index in [2.05, 4.69) is 25.2 Å². The van der Waals surface area contributed by atoms with E-state index in [1.165, 1.54) is 6.20 Å². The molecule has 178 valence electrons. The van der Waals surface area contributed by atoms with Gasteiger partial charge in [0.25, 0.3) is 5.56 Å². The summed E-state index contributed by atoms with van der Waals surface area (Å²) in [5, 5.41) is 3.51. The highest BCUT2D eigenvalue weighted by Gasteiger charge is 2.17. The SMILES string of the molecule is O=CN1CCN(c2ccc(Nc3ncc4c(=O)n(-c5c(Cl)cccc5Cl)c(=O)[nH]c4n3)cc2)CC1. The average Bonchev–Trinajstić information content (AvgIpc) is 2.86. The molecule has 1 aliphatic heterocycles. The fraction of sp³-hybridized carbons (Fsp3) is 0.174. The van der Waals surface area contributed by atoms with Crippen molar-refractivity contribution in [2.75, 3.05) is 36.4 Å². The molecule has 0 spiro atoms. The minimum atomic E-state index is -0.721. The number of para-hydroxylation sites is 1. The lowest BCUT2D eigenvalue weighted by atomic mass is 10.2. The predicted octanol–water partition coefficient (Wildman–Crippen LogP) is 2.80. The lowest BCUT2D eigenvalue weighted by Gasteiger charge is -2.34. The predicted molar refractivity (Wildman–Crippen MR) is 135 cm³/mol. The van der Waals surface area contributed by atoms with E-state index >= 15 is 0 Å². The van der Waals surface area contributed by atoms with Crippen molar-refractivity contribution in [3.05, 3.63) is 79.5 Å². The summed E-state index contributed by atoms with van der Waals surface area (Å²) >= 11 is 12.4. The largest absolute Gasteiger partial charge is 0.368 e. The van der Waals surface area contributed by atoms with Crippen LogP contribution in [0.25, 0.3) is 16.7 Å². The van der Waals surface area contributed by atoms with E-state index < -0.39 is 11.2 Å². The minimum absolute atomic E-state index is 0.0848. The van der Waals surface area contributed by atoms with Crippen molar-refractivity contribution < 1.29 is 4.79 Å². The molecule has 3 heterocycles. The molecule has 0 radical (unpaired) electrons. The molecule has 5 rings (SSSR count). The fourth-order valence-electron chi connectivity index (χ4n) is 3.94. The fourth-order valence-corrected chi connectivity index (χ4v) is 4.51. The number of aromatic nitrogens is 4. The Balaban J connectivity index is 1.40. The van der Waals surface area contributed by atoms with E-state index in [0.29, 0.717) is 13.1 Å². The Labute approximate surface area is 208 Å². The van der Waals surface area contributed by atoms with Crippen molar-refractivity contribution in [2.45, 2.75) is 0 Å². The van der Waals surface area contributed by atoms with E-state index in [0.717, 1.165) is 35.4 Å². The van der Waals surface area contributed by atoms with Crippen molar-refractivity contribution in [3.8, 4) is 5.69 Å². The molecule has 4 aromatic rings. The van der Waals surface area contributed by atoms with Gasteiger partial charge in [0.15, 0.2) is 5.65 Å². The molecule has 12 heteroatoms. The first-order valence-electron chi connectivity index (χ1n) is 10.7. The number of halogens is 2. The molecule has 1 fully saturated rings. The maximum Gasteiger partial charge on any atom is 0.334 e. The number of amides is 1. The van der Waals surface area contributed by atoms with Crippen molar-refractivity contribution in [2.24, 2.45) is 0 Å². The van der Waals surface area contributed by atoms with Crippen LogP contribution in [-0.4, -0.2) is 57.0 Å². The van der Waals surface area contributed by atoms with Gasteiger partial charge in [0, 0.05) is 43.8 Å². The number of fused-ring (bicyclic) bond motifs is 1. The van der Waals surface area contributed by atoms with Crippen molar-refractivity contribution in [3.63, 3.8) is 0 Å². The first-order valence-corrected chi connectivity index (χ1v) is 11.5. The first kappa shape index (κ1) is 22.9. The van der Waals surface area contributed by atoms with Gasteiger partial charge in [-0.15, -0.1) is 0 Å². The second-order valence-electron chi connectivity index (χ2n) is 7.90. The van der Waals surface area contributed by atoms with Crippen LogP contribution in [0, 0.1) is 0 Å². The van der Waals surface area contributed by atoms with Crippen LogP contribution in [0.4, 0.5) is 17.3 Å². The summed E-state index contributed by atoms with van der Waals surface area (Å²) in [5.74, 6) is 0.216. The third-order valence-corrected chi connectivity index (χ3v) is 6.37. The number of aromatic amines is 1. The molecule has 1 aliphatic rings. The van der Waals surface area contributed by atoms with Gasteiger partial charge in [-0.2, -0.15) is 4.98 Å². The third kappa shape index (κ3) is 4.45. The van der Waals surface area contributed by atoms with E-state index in [-0.39, 0.29) is 32.7 Å². The summed E-state index contributed by atoms with van der Waals surface area (Å²) in [6.45, 7) is 2.92. The number of nitrogens with zero attached hydrogens (tertiary/aromatic N) is 5. The number of hydrogen-bond donors (Lipinski definition) is 2. The van der Waals surface area contributed by atoms with Gasteiger partial charge < -0.3 is 15.1 Å². The summed E-state index contributed by atoms with van der Waals surface area (Å²) in [5.41, 5.74) is 0.604. The number of rotatable bonds is 5. The molecule has 1 saturated heterocycles. The van der Waals surface area contributed by atoms with Gasteiger partial charge in [0.05, 0.1) is 15.7 Å². The quantitative estimate of drug-likeness (QED) is 0.395. The van der Waals surface area contributed by atoms with Gasteiger partial charge in [-0.3, -0.25) is 14.6 Å². The van der Waals surface area contributed by atoms with E-state index in [9.17, 15) is 14.4 Å². The number of piperazine rings is 1. The minimum Gasteiger partial charge on any atom is -0.368 e. The van der Waals surface area contributed by atoms with Gasteiger partial charge >= 0.3 is 5.69 Å². The van der Waals surface area contributed by atoms with Crippen LogP contribution in [-0.2, 0) is 4.79 Å². The third-order valence-electron chi connectivity index (χ3n) is 5.76. The van der Waals surface area contributed by atoms with Gasteiger partial charge in [-0.1, -0.05) is 29.3 Å². The molecule has 2 aromatic heterocycles. The zero-order chi connectivity index (χ0) is 24.5. The van der Waals surface area contributed by atoms with E-state index in [1.807, 2.05) is 24.3 Å². The van der Waals surface area contributed by atoms with Crippen LogP contribution in [0.5, 0.6) is 0 Å². The lowest BCUT2D eigenvalue weighted by Crippen LogP contribution is -2.45. The van der Waals surface area contributed by atoms with Gasteiger partial charge in [0.2, 0.25) is 12.4 Å². The van der Waals surface area contributed by atoms with Crippen LogP contribution in [0.15, 0.2) is 58.3 Å². The molecule has 10 nitrogen and oxygen atoms in total. The molecule has 35 heavy (non-hydrogen) atoms. The average molecular weight is 512 g/mol. The van der Waals surface area contributed by atoms with Gasteiger partial charge in [-0.25, -0.2) is 14.3 Å².